The third-order valence-corrected chi connectivity index (χ3v) is 4.44. The fourth-order valence-electron chi connectivity index (χ4n) is 1.94. The second-order valence-electron chi connectivity index (χ2n) is 5.06. The van der Waals surface area contributed by atoms with Gasteiger partial charge in [-0.2, -0.15) is 0 Å². The Hall–Kier alpha value is -1.40. The van der Waals surface area contributed by atoms with E-state index in [9.17, 15) is 9.59 Å². The number of rotatable bonds is 8. The lowest BCUT2D eigenvalue weighted by atomic mass is 10.2. The molecule has 0 radical (unpaired) electrons. The summed E-state index contributed by atoms with van der Waals surface area (Å²) in [5.74, 6) is -0.446. The first-order chi connectivity index (χ1) is 10.1. The third-order valence-electron chi connectivity index (χ3n) is 3.24. The van der Waals surface area contributed by atoms with Crippen LogP contribution < -0.4 is 10.6 Å². The van der Waals surface area contributed by atoms with Gasteiger partial charge in [-0.3, -0.25) is 4.79 Å². The summed E-state index contributed by atoms with van der Waals surface area (Å²) in [6.07, 6.45) is 3.66. The zero-order chi connectivity index (χ0) is 15.2. The molecular formula is C15H22N2O3S. The topological polar surface area (TPSA) is 67.4 Å². The standard InChI is InChI=1S/C15H22N2O3S/c1-3-11-9-12(15(19)20-4-2)14(21-11)17-13(18)7-8-16-10-5-6-10/h9-10,16H,3-8H2,1-2H3,(H,17,18). The molecule has 1 aliphatic carbocycles. The number of carbonyl (C=O) groups excluding carboxylic acids is 2. The van der Waals surface area contributed by atoms with Gasteiger partial charge >= 0.3 is 5.97 Å². The Balaban J connectivity index is 1.94. The Morgan fingerprint density at radius 1 is 1.38 bits per heavy atom. The monoisotopic (exact) mass is 310 g/mol. The maximum atomic E-state index is 11.9. The minimum atomic E-state index is -0.375. The number of anilines is 1. The van der Waals surface area contributed by atoms with Gasteiger partial charge in [0.2, 0.25) is 5.91 Å². The molecule has 6 heteroatoms. The summed E-state index contributed by atoms with van der Waals surface area (Å²) in [5.41, 5.74) is 0.460. The molecule has 1 fully saturated rings. The molecule has 1 aliphatic rings. The fourth-order valence-corrected chi connectivity index (χ4v) is 2.94. The Labute approximate surface area is 129 Å². The Morgan fingerprint density at radius 2 is 2.14 bits per heavy atom. The summed E-state index contributed by atoms with van der Waals surface area (Å²) >= 11 is 1.44. The van der Waals surface area contributed by atoms with Crippen LogP contribution in [0.5, 0.6) is 0 Å². The van der Waals surface area contributed by atoms with Gasteiger partial charge in [0.15, 0.2) is 0 Å². The summed E-state index contributed by atoms with van der Waals surface area (Å²) in [4.78, 5) is 24.9. The van der Waals surface area contributed by atoms with E-state index in [4.69, 9.17) is 4.74 Å². The van der Waals surface area contributed by atoms with Gasteiger partial charge in [-0.15, -0.1) is 11.3 Å². The number of hydrogen-bond donors (Lipinski definition) is 2. The number of hydrogen-bond acceptors (Lipinski definition) is 5. The molecule has 0 aliphatic heterocycles. The number of carbonyl (C=O) groups is 2. The van der Waals surface area contributed by atoms with Gasteiger partial charge in [-0.05, 0) is 32.3 Å². The largest absolute Gasteiger partial charge is 0.462 e. The molecule has 1 aromatic rings. The van der Waals surface area contributed by atoms with Crippen LogP contribution in [0, 0.1) is 0 Å². The Kier molecular flexibility index (Phi) is 5.76. The average Bonchev–Trinajstić information content (AvgIpc) is 3.18. The van der Waals surface area contributed by atoms with E-state index in [1.807, 2.05) is 6.92 Å². The van der Waals surface area contributed by atoms with Crippen molar-refractivity contribution < 1.29 is 14.3 Å². The van der Waals surface area contributed by atoms with Crippen molar-refractivity contribution in [1.29, 1.82) is 0 Å². The molecule has 116 valence electrons. The van der Waals surface area contributed by atoms with E-state index >= 15 is 0 Å². The van der Waals surface area contributed by atoms with Crippen molar-refractivity contribution in [3.63, 3.8) is 0 Å². The van der Waals surface area contributed by atoms with Crippen molar-refractivity contribution >= 4 is 28.2 Å². The molecular weight excluding hydrogens is 288 g/mol. The summed E-state index contributed by atoms with van der Waals surface area (Å²) in [7, 11) is 0. The van der Waals surface area contributed by atoms with Gasteiger partial charge in [0.25, 0.3) is 0 Å². The maximum Gasteiger partial charge on any atom is 0.341 e. The molecule has 5 nitrogen and oxygen atoms in total. The Bertz CT molecular complexity index is 509. The van der Waals surface area contributed by atoms with Crippen LogP contribution in [0.3, 0.4) is 0 Å². The lowest BCUT2D eigenvalue weighted by Crippen LogP contribution is -2.23. The SMILES string of the molecule is CCOC(=O)c1cc(CC)sc1NC(=O)CCNC1CC1. The van der Waals surface area contributed by atoms with Crippen LogP contribution >= 0.6 is 11.3 Å². The van der Waals surface area contributed by atoms with Crippen LogP contribution in [-0.2, 0) is 16.0 Å². The van der Waals surface area contributed by atoms with Crippen LogP contribution in [-0.4, -0.2) is 31.1 Å². The normalized spacial score (nSPS) is 14.0. The Morgan fingerprint density at radius 3 is 2.76 bits per heavy atom. The van der Waals surface area contributed by atoms with Gasteiger partial charge in [0.05, 0.1) is 12.2 Å². The van der Waals surface area contributed by atoms with E-state index in [0.717, 1.165) is 11.3 Å². The van der Waals surface area contributed by atoms with E-state index in [0.29, 0.717) is 36.2 Å². The summed E-state index contributed by atoms with van der Waals surface area (Å²) in [6.45, 7) is 4.80. The van der Waals surface area contributed by atoms with Gasteiger partial charge in [0.1, 0.15) is 5.00 Å². The van der Waals surface area contributed by atoms with Crippen molar-refractivity contribution in [2.24, 2.45) is 0 Å². The molecule has 0 aromatic carbocycles. The molecule has 1 amide bonds. The lowest BCUT2D eigenvalue weighted by molar-refractivity contribution is -0.116. The highest BCUT2D eigenvalue weighted by molar-refractivity contribution is 7.16. The molecule has 0 saturated heterocycles. The smallest absolute Gasteiger partial charge is 0.341 e. The van der Waals surface area contributed by atoms with Gasteiger partial charge < -0.3 is 15.4 Å². The third kappa shape index (κ3) is 4.82. The highest BCUT2D eigenvalue weighted by Gasteiger charge is 2.21. The predicted molar refractivity (Wildman–Crippen MR) is 83.9 cm³/mol. The van der Waals surface area contributed by atoms with Gasteiger partial charge in [-0.1, -0.05) is 6.92 Å². The molecule has 0 atom stereocenters. The second-order valence-corrected chi connectivity index (χ2v) is 6.19. The molecule has 0 unspecified atom stereocenters. The first-order valence-corrected chi connectivity index (χ1v) is 8.28. The molecule has 2 N–H and O–H groups in total. The minimum Gasteiger partial charge on any atom is -0.462 e. The lowest BCUT2D eigenvalue weighted by Gasteiger charge is -2.06. The molecule has 1 heterocycles. The predicted octanol–water partition coefficient (Wildman–Crippen LogP) is 2.57. The highest BCUT2D eigenvalue weighted by Crippen LogP contribution is 2.29. The molecule has 1 aromatic heterocycles. The molecule has 2 rings (SSSR count). The molecule has 0 spiro atoms. The number of nitrogens with one attached hydrogen (secondary N) is 2. The summed E-state index contributed by atoms with van der Waals surface area (Å²) < 4.78 is 5.03. The van der Waals surface area contributed by atoms with Crippen molar-refractivity contribution in [2.45, 2.75) is 45.6 Å². The van der Waals surface area contributed by atoms with E-state index in [1.165, 1.54) is 24.2 Å². The number of amides is 1. The van der Waals surface area contributed by atoms with E-state index in [1.54, 1.807) is 13.0 Å². The maximum absolute atomic E-state index is 11.9. The molecule has 1 saturated carbocycles. The first kappa shape index (κ1) is 16.0. The van der Waals surface area contributed by atoms with E-state index < -0.39 is 0 Å². The summed E-state index contributed by atoms with van der Waals surface area (Å²) in [6, 6.07) is 2.40. The van der Waals surface area contributed by atoms with Crippen molar-refractivity contribution in [3.05, 3.63) is 16.5 Å². The average molecular weight is 310 g/mol. The van der Waals surface area contributed by atoms with Gasteiger partial charge in [0, 0.05) is 23.9 Å². The van der Waals surface area contributed by atoms with Crippen LogP contribution in [0.1, 0.15) is 48.3 Å². The zero-order valence-corrected chi connectivity index (χ0v) is 13.3. The number of aryl methyl sites for hydroxylation is 1. The summed E-state index contributed by atoms with van der Waals surface area (Å²) in [5, 5.41) is 6.73. The van der Waals surface area contributed by atoms with Crippen LogP contribution in [0.2, 0.25) is 0 Å². The van der Waals surface area contributed by atoms with E-state index in [-0.39, 0.29) is 11.9 Å². The first-order valence-electron chi connectivity index (χ1n) is 7.47. The fraction of sp³-hybridized carbons (Fsp3) is 0.600. The second kappa shape index (κ2) is 7.56. The zero-order valence-electron chi connectivity index (χ0n) is 12.5. The number of esters is 1. The molecule has 21 heavy (non-hydrogen) atoms. The van der Waals surface area contributed by atoms with Crippen LogP contribution in [0.4, 0.5) is 5.00 Å². The minimum absolute atomic E-state index is 0.0711. The van der Waals surface area contributed by atoms with Crippen LogP contribution in [0.15, 0.2) is 6.07 Å². The number of ether oxygens (including phenoxy) is 1. The van der Waals surface area contributed by atoms with Crippen LogP contribution in [0.25, 0.3) is 0 Å². The van der Waals surface area contributed by atoms with Crippen molar-refractivity contribution in [3.8, 4) is 0 Å². The quantitative estimate of drug-likeness (QED) is 0.724. The van der Waals surface area contributed by atoms with E-state index in [2.05, 4.69) is 10.6 Å². The molecule has 0 bridgehead atoms. The van der Waals surface area contributed by atoms with Gasteiger partial charge in [-0.25, -0.2) is 4.79 Å². The van der Waals surface area contributed by atoms with Crippen molar-refractivity contribution in [2.75, 3.05) is 18.5 Å². The van der Waals surface area contributed by atoms with Crippen molar-refractivity contribution in [1.82, 2.24) is 5.32 Å². The number of thiophene rings is 1. The highest BCUT2D eigenvalue weighted by atomic mass is 32.1.